The molecule has 2 amide bonds. The molecule has 0 saturated heterocycles. The van der Waals surface area contributed by atoms with Crippen molar-refractivity contribution < 1.29 is 18.7 Å². The molecule has 0 bridgehead atoms. The lowest BCUT2D eigenvalue weighted by Gasteiger charge is -2.28. The second-order valence-corrected chi connectivity index (χ2v) is 7.29. The maximum atomic E-state index is 13.0. The Bertz CT molecular complexity index is 846. The van der Waals surface area contributed by atoms with Crippen LogP contribution in [0.25, 0.3) is 0 Å². The van der Waals surface area contributed by atoms with Gasteiger partial charge in [-0.2, -0.15) is 0 Å². The van der Waals surface area contributed by atoms with Crippen LogP contribution in [0, 0.1) is 5.82 Å². The minimum absolute atomic E-state index is 0.156. The van der Waals surface area contributed by atoms with Crippen LogP contribution in [0.3, 0.4) is 0 Å². The zero-order chi connectivity index (χ0) is 21.4. The summed E-state index contributed by atoms with van der Waals surface area (Å²) >= 11 is 12.0. The van der Waals surface area contributed by atoms with Gasteiger partial charge in [-0.15, -0.1) is 0 Å². The largest absolute Gasteiger partial charge is 0.484 e. The number of ether oxygens (including phenoxy) is 1. The first-order valence-electron chi connectivity index (χ1n) is 9.21. The molecule has 2 rings (SSSR count). The van der Waals surface area contributed by atoms with Crippen LogP contribution in [0.4, 0.5) is 4.39 Å². The Balaban J connectivity index is 2.15. The molecule has 0 radical (unpaired) electrons. The Labute approximate surface area is 179 Å². The lowest BCUT2D eigenvalue weighted by atomic mass is 10.1. The Kier molecular flexibility index (Phi) is 8.73. The molecule has 2 aromatic rings. The fourth-order valence-electron chi connectivity index (χ4n) is 2.57. The van der Waals surface area contributed by atoms with Gasteiger partial charge < -0.3 is 15.0 Å². The molecule has 2 aromatic carbocycles. The second-order valence-electron chi connectivity index (χ2n) is 6.48. The lowest BCUT2D eigenvalue weighted by Crippen LogP contribution is -2.49. The van der Waals surface area contributed by atoms with Crippen LogP contribution in [-0.4, -0.2) is 35.9 Å². The first-order valence-corrected chi connectivity index (χ1v) is 9.97. The smallest absolute Gasteiger partial charge is 0.261 e. The van der Waals surface area contributed by atoms with Crippen LogP contribution < -0.4 is 10.1 Å². The van der Waals surface area contributed by atoms with Crippen molar-refractivity contribution in [3.8, 4) is 5.75 Å². The van der Waals surface area contributed by atoms with Crippen molar-refractivity contribution in [3.63, 3.8) is 0 Å². The highest BCUT2D eigenvalue weighted by molar-refractivity contribution is 6.42. The van der Waals surface area contributed by atoms with Crippen LogP contribution in [0.1, 0.15) is 25.8 Å². The number of benzene rings is 2. The second kappa shape index (κ2) is 11.0. The number of carbonyl (C=O) groups excluding carboxylic acids is 2. The average Bonchev–Trinajstić information content (AvgIpc) is 2.71. The maximum Gasteiger partial charge on any atom is 0.261 e. The summed E-state index contributed by atoms with van der Waals surface area (Å²) in [5.41, 5.74) is 0.727. The molecular formula is C21H23Cl2FN2O3. The van der Waals surface area contributed by atoms with Crippen molar-refractivity contribution in [1.82, 2.24) is 10.2 Å². The molecule has 0 heterocycles. The van der Waals surface area contributed by atoms with Crippen molar-refractivity contribution in [2.24, 2.45) is 0 Å². The van der Waals surface area contributed by atoms with Crippen LogP contribution in [0.2, 0.25) is 10.0 Å². The van der Waals surface area contributed by atoms with Gasteiger partial charge in [-0.25, -0.2) is 4.39 Å². The van der Waals surface area contributed by atoms with Gasteiger partial charge in [-0.05, 0) is 55.3 Å². The molecule has 0 unspecified atom stereocenters. The third kappa shape index (κ3) is 6.91. The van der Waals surface area contributed by atoms with Gasteiger partial charge in [-0.1, -0.05) is 36.2 Å². The van der Waals surface area contributed by atoms with Crippen LogP contribution in [0.5, 0.6) is 5.75 Å². The molecule has 0 aliphatic heterocycles. The summed E-state index contributed by atoms with van der Waals surface area (Å²) in [5.74, 6) is -0.690. The lowest BCUT2D eigenvalue weighted by molar-refractivity contribution is -0.142. The summed E-state index contributed by atoms with van der Waals surface area (Å²) in [6, 6.07) is 9.67. The third-order valence-electron chi connectivity index (χ3n) is 4.23. The molecule has 0 spiro atoms. The number of nitrogens with one attached hydrogen (secondary N) is 1. The number of amides is 2. The molecule has 8 heteroatoms. The van der Waals surface area contributed by atoms with E-state index >= 15 is 0 Å². The molecule has 29 heavy (non-hydrogen) atoms. The van der Waals surface area contributed by atoms with Gasteiger partial charge >= 0.3 is 0 Å². The molecule has 0 aliphatic carbocycles. The number of hydrogen-bond donors (Lipinski definition) is 1. The van der Waals surface area contributed by atoms with Gasteiger partial charge in [0.25, 0.3) is 5.91 Å². The molecule has 1 N–H and O–H groups in total. The number of hydrogen-bond acceptors (Lipinski definition) is 3. The molecule has 0 fully saturated rings. The highest BCUT2D eigenvalue weighted by Gasteiger charge is 2.26. The quantitative estimate of drug-likeness (QED) is 0.626. The van der Waals surface area contributed by atoms with E-state index in [4.69, 9.17) is 27.9 Å². The molecule has 0 saturated carbocycles. The van der Waals surface area contributed by atoms with Gasteiger partial charge in [0, 0.05) is 13.1 Å². The molecule has 1 atom stereocenters. The van der Waals surface area contributed by atoms with Gasteiger partial charge in [0.2, 0.25) is 5.91 Å². The number of nitrogens with zero attached hydrogens (tertiary/aromatic N) is 1. The molecule has 156 valence electrons. The van der Waals surface area contributed by atoms with Gasteiger partial charge in [0.1, 0.15) is 17.6 Å². The van der Waals surface area contributed by atoms with E-state index in [1.54, 1.807) is 25.1 Å². The van der Waals surface area contributed by atoms with E-state index in [0.29, 0.717) is 22.3 Å². The Morgan fingerprint density at radius 2 is 1.83 bits per heavy atom. The first-order chi connectivity index (χ1) is 13.8. The highest BCUT2D eigenvalue weighted by atomic mass is 35.5. The van der Waals surface area contributed by atoms with Crippen molar-refractivity contribution in [2.75, 3.05) is 13.2 Å². The van der Waals surface area contributed by atoms with Crippen LogP contribution in [0.15, 0.2) is 42.5 Å². The minimum Gasteiger partial charge on any atom is -0.484 e. The summed E-state index contributed by atoms with van der Waals surface area (Å²) in [6.07, 6.45) is 0.785. The van der Waals surface area contributed by atoms with E-state index in [9.17, 15) is 14.0 Å². The maximum absolute atomic E-state index is 13.0. The van der Waals surface area contributed by atoms with Crippen molar-refractivity contribution >= 4 is 35.0 Å². The fraction of sp³-hybridized carbons (Fsp3) is 0.333. The van der Waals surface area contributed by atoms with E-state index in [1.807, 2.05) is 6.92 Å². The van der Waals surface area contributed by atoms with Gasteiger partial charge in [0.05, 0.1) is 10.0 Å². The van der Waals surface area contributed by atoms with E-state index in [0.717, 1.165) is 12.0 Å². The predicted octanol–water partition coefficient (Wildman–Crippen LogP) is 4.45. The Hall–Kier alpha value is -2.31. The normalized spacial score (nSPS) is 11.6. The summed E-state index contributed by atoms with van der Waals surface area (Å²) < 4.78 is 18.5. The van der Waals surface area contributed by atoms with Gasteiger partial charge in [0.15, 0.2) is 6.61 Å². The zero-order valence-corrected chi connectivity index (χ0v) is 17.8. The van der Waals surface area contributed by atoms with Gasteiger partial charge in [-0.3, -0.25) is 9.59 Å². The summed E-state index contributed by atoms with van der Waals surface area (Å²) in [7, 11) is 0. The molecule has 0 aromatic heterocycles. The monoisotopic (exact) mass is 440 g/mol. The highest BCUT2D eigenvalue weighted by Crippen LogP contribution is 2.24. The van der Waals surface area contributed by atoms with Crippen LogP contribution >= 0.6 is 23.2 Å². The summed E-state index contributed by atoms with van der Waals surface area (Å²) in [5, 5.41) is 3.56. The summed E-state index contributed by atoms with van der Waals surface area (Å²) in [6.45, 7) is 3.98. The summed E-state index contributed by atoms with van der Waals surface area (Å²) in [4.78, 5) is 26.7. The predicted molar refractivity (Wildman–Crippen MR) is 112 cm³/mol. The number of rotatable bonds is 9. The third-order valence-corrected chi connectivity index (χ3v) is 4.97. The fourth-order valence-corrected chi connectivity index (χ4v) is 2.89. The van der Waals surface area contributed by atoms with Crippen molar-refractivity contribution in [3.05, 3.63) is 63.9 Å². The Morgan fingerprint density at radius 1 is 1.14 bits per heavy atom. The van der Waals surface area contributed by atoms with Crippen molar-refractivity contribution in [2.45, 2.75) is 32.9 Å². The molecular weight excluding hydrogens is 418 g/mol. The van der Waals surface area contributed by atoms with Crippen LogP contribution in [-0.2, 0) is 16.1 Å². The minimum atomic E-state index is -0.722. The zero-order valence-electron chi connectivity index (χ0n) is 16.3. The van der Waals surface area contributed by atoms with E-state index in [2.05, 4.69) is 5.32 Å². The van der Waals surface area contributed by atoms with E-state index in [-0.39, 0.29) is 25.0 Å². The van der Waals surface area contributed by atoms with E-state index in [1.165, 1.54) is 29.2 Å². The first kappa shape index (κ1) is 23.0. The SMILES string of the molecule is CCCNC(=O)[C@H](C)N(Cc1ccc(Cl)c(Cl)c1)C(=O)COc1ccc(F)cc1. The Morgan fingerprint density at radius 3 is 2.45 bits per heavy atom. The number of carbonyl (C=O) groups is 2. The topological polar surface area (TPSA) is 58.6 Å². The average molecular weight is 441 g/mol. The molecule has 5 nitrogen and oxygen atoms in total. The molecule has 0 aliphatic rings. The van der Waals surface area contributed by atoms with E-state index < -0.39 is 11.9 Å². The number of halogens is 3. The standard InChI is InChI=1S/C21H23Cl2FN2O3/c1-3-10-25-21(28)14(2)26(12-15-4-9-18(22)19(23)11-15)20(27)13-29-17-7-5-16(24)6-8-17/h4-9,11,14H,3,10,12-13H2,1-2H3,(H,25,28)/t14-/m0/s1. The van der Waals surface area contributed by atoms with Crippen molar-refractivity contribution in [1.29, 1.82) is 0 Å².